The van der Waals surface area contributed by atoms with Crippen molar-refractivity contribution in [3.05, 3.63) is 56.6 Å². The maximum absolute atomic E-state index is 6.25. The maximum atomic E-state index is 6.25. The predicted molar refractivity (Wildman–Crippen MR) is 97.0 cm³/mol. The fourth-order valence-electron chi connectivity index (χ4n) is 1.98. The summed E-state index contributed by atoms with van der Waals surface area (Å²) in [5.41, 5.74) is 3.41. The largest absolute Gasteiger partial charge is 0.378 e. The molecule has 1 atom stereocenters. The topological polar surface area (TPSA) is 15.3 Å². The van der Waals surface area contributed by atoms with E-state index in [9.17, 15) is 0 Å². The van der Waals surface area contributed by atoms with E-state index in [2.05, 4.69) is 70.1 Å². The fourth-order valence-corrected chi connectivity index (χ4v) is 2.89. The summed E-state index contributed by atoms with van der Waals surface area (Å²) >= 11 is 8.51. The number of nitrogens with one attached hydrogen (secondary N) is 1. The SMILES string of the molecule is CC(Nc1ccc(I)cc1Cl)c1ccc(N(C)C)cc1. The number of halogens is 2. The molecule has 0 radical (unpaired) electrons. The van der Waals surface area contributed by atoms with Gasteiger partial charge < -0.3 is 10.2 Å². The standard InChI is InChI=1S/C16H18ClIN2/c1-11(12-4-7-14(8-5-12)20(2)3)19-16-9-6-13(18)10-15(16)17/h4-11,19H,1-3H3. The molecule has 0 heterocycles. The van der Waals surface area contributed by atoms with Crippen LogP contribution in [0.4, 0.5) is 11.4 Å². The lowest BCUT2D eigenvalue weighted by Crippen LogP contribution is -2.10. The Hall–Kier alpha value is -0.940. The van der Waals surface area contributed by atoms with Gasteiger partial charge in [-0.3, -0.25) is 0 Å². The molecular weight excluding hydrogens is 383 g/mol. The Morgan fingerprint density at radius 1 is 1.10 bits per heavy atom. The third kappa shape index (κ3) is 3.79. The van der Waals surface area contributed by atoms with E-state index in [4.69, 9.17) is 11.6 Å². The Labute approximate surface area is 139 Å². The molecule has 0 spiro atoms. The minimum Gasteiger partial charge on any atom is -0.378 e. The van der Waals surface area contributed by atoms with Crippen LogP contribution in [-0.4, -0.2) is 14.1 Å². The van der Waals surface area contributed by atoms with Crippen molar-refractivity contribution in [2.24, 2.45) is 0 Å². The van der Waals surface area contributed by atoms with Crippen molar-refractivity contribution in [2.45, 2.75) is 13.0 Å². The average Bonchev–Trinajstić information content (AvgIpc) is 2.42. The van der Waals surface area contributed by atoms with Crippen LogP contribution in [0.5, 0.6) is 0 Å². The summed E-state index contributed by atoms with van der Waals surface area (Å²) < 4.78 is 1.14. The normalized spacial score (nSPS) is 12.1. The van der Waals surface area contributed by atoms with Gasteiger partial charge in [-0.05, 0) is 65.4 Å². The lowest BCUT2D eigenvalue weighted by Gasteiger charge is -2.18. The second-order valence-electron chi connectivity index (χ2n) is 4.98. The molecule has 20 heavy (non-hydrogen) atoms. The van der Waals surface area contributed by atoms with Gasteiger partial charge in [0.25, 0.3) is 0 Å². The molecule has 0 fully saturated rings. The second kappa shape index (κ2) is 6.68. The zero-order valence-electron chi connectivity index (χ0n) is 11.8. The van der Waals surface area contributed by atoms with Crippen LogP contribution in [0.1, 0.15) is 18.5 Å². The third-order valence-corrected chi connectivity index (χ3v) is 4.20. The van der Waals surface area contributed by atoms with Gasteiger partial charge in [0.15, 0.2) is 0 Å². The summed E-state index contributed by atoms with van der Waals surface area (Å²) in [7, 11) is 4.09. The van der Waals surface area contributed by atoms with Crippen molar-refractivity contribution in [1.82, 2.24) is 0 Å². The number of nitrogens with zero attached hydrogens (tertiary/aromatic N) is 1. The monoisotopic (exact) mass is 400 g/mol. The first-order valence-corrected chi connectivity index (χ1v) is 7.92. The van der Waals surface area contributed by atoms with Crippen molar-refractivity contribution >= 4 is 45.6 Å². The molecule has 0 saturated carbocycles. The zero-order valence-corrected chi connectivity index (χ0v) is 14.7. The minimum absolute atomic E-state index is 0.212. The van der Waals surface area contributed by atoms with E-state index in [1.807, 2.05) is 26.2 Å². The number of benzene rings is 2. The number of rotatable bonds is 4. The van der Waals surface area contributed by atoms with Crippen LogP contribution in [0.2, 0.25) is 5.02 Å². The van der Waals surface area contributed by atoms with E-state index >= 15 is 0 Å². The van der Waals surface area contributed by atoms with Crippen LogP contribution in [0.15, 0.2) is 42.5 Å². The van der Waals surface area contributed by atoms with Crippen molar-refractivity contribution in [2.75, 3.05) is 24.3 Å². The Morgan fingerprint density at radius 3 is 2.30 bits per heavy atom. The molecule has 106 valence electrons. The van der Waals surface area contributed by atoms with Gasteiger partial charge in [0.2, 0.25) is 0 Å². The lowest BCUT2D eigenvalue weighted by molar-refractivity contribution is 0.884. The quantitative estimate of drug-likeness (QED) is 0.711. The van der Waals surface area contributed by atoms with E-state index in [0.717, 1.165) is 14.3 Å². The van der Waals surface area contributed by atoms with Crippen LogP contribution in [0.25, 0.3) is 0 Å². The maximum Gasteiger partial charge on any atom is 0.0648 e. The first-order chi connectivity index (χ1) is 9.47. The summed E-state index contributed by atoms with van der Waals surface area (Å²) in [5, 5.41) is 4.21. The lowest BCUT2D eigenvalue weighted by atomic mass is 10.1. The highest BCUT2D eigenvalue weighted by Gasteiger charge is 2.08. The third-order valence-electron chi connectivity index (χ3n) is 3.21. The van der Waals surface area contributed by atoms with Crippen molar-refractivity contribution in [1.29, 1.82) is 0 Å². The van der Waals surface area contributed by atoms with Crippen molar-refractivity contribution < 1.29 is 0 Å². The number of hydrogen-bond donors (Lipinski definition) is 1. The summed E-state index contributed by atoms with van der Waals surface area (Å²) in [5.74, 6) is 0. The van der Waals surface area contributed by atoms with Crippen molar-refractivity contribution in [3.8, 4) is 0 Å². The van der Waals surface area contributed by atoms with Gasteiger partial charge in [-0.1, -0.05) is 23.7 Å². The molecule has 2 aromatic carbocycles. The zero-order chi connectivity index (χ0) is 14.7. The van der Waals surface area contributed by atoms with Crippen LogP contribution in [0, 0.1) is 3.57 Å². The summed E-state index contributed by atoms with van der Waals surface area (Å²) in [6.45, 7) is 2.14. The van der Waals surface area contributed by atoms with Crippen LogP contribution >= 0.6 is 34.2 Å². The molecule has 0 aliphatic carbocycles. The highest BCUT2D eigenvalue weighted by molar-refractivity contribution is 14.1. The van der Waals surface area contributed by atoms with Gasteiger partial charge in [0.05, 0.1) is 10.7 Å². The van der Waals surface area contributed by atoms with Crippen LogP contribution in [-0.2, 0) is 0 Å². The van der Waals surface area contributed by atoms with E-state index in [1.165, 1.54) is 11.3 Å². The molecule has 0 saturated heterocycles. The highest BCUT2D eigenvalue weighted by Crippen LogP contribution is 2.28. The number of anilines is 2. The minimum atomic E-state index is 0.212. The van der Waals surface area contributed by atoms with E-state index in [1.54, 1.807) is 0 Å². The molecule has 0 amide bonds. The molecule has 2 nitrogen and oxygen atoms in total. The predicted octanol–water partition coefficient (Wildman–Crippen LogP) is 5.18. The second-order valence-corrected chi connectivity index (χ2v) is 6.63. The van der Waals surface area contributed by atoms with Gasteiger partial charge in [-0.25, -0.2) is 0 Å². The first-order valence-electron chi connectivity index (χ1n) is 6.46. The number of hydrogen-bond acceptors (Lipinski definition) is 2. The molecule has 4 heteroatoms. The van der Waals surface area contributed by atoms with Gasteiger partial charge in [0, 0.05) is 29.4 Å². The molecule has 1 unspecified atom stereocenters. The summed E-state index contributed by atoms with van der Waals surface area (Å²) in [6.07, 6.45) is 0. The van der Waals surface area contributed by atoms with E-state index in [-0.39, 0.29) is 6.04 Å². The van der Waals surface area contributed by atoms with E-state index in [0.29, 0.717) is 0 Å². The molecule has 0 aromatic heterocycles. The Bertz CT molecular complexity index is 582. The summed E-state index contributed by atoms with van der Waals surface area (Å²) in [4.78, 5) is 2.10. The van der Waals surface area contributed by atoms with Gasteiger partial charge in [0.1, 0.15) is 0 Å². The molecule has 0 bridgehead atoms. The Kier molecular flexibility index (Phi) is 5.16. The fraction of sp³-hybridized carbons (Fsp3) is 0.250. The highest BCUT2D eigenvalue weighted by atomic mass is 127. The van der Waals surface area contributed by atoms with Gasteiger partial charge in [-0.2, -0.15) is 0 Å². The Morgan fingerprint density at radius 2 is 1.75 bits per heavy atom. The van der Waals surface area contributed by atoms with Gasteiger partial charge >= 0.3 is 0 Å². The molecular formula is C16H18ClIN2. The molecule has 2 rings (SSSR count). The van der Waals surface area contributed by atoms with Crippen molar-refractivity contribution in [3.63, 3.8) is 0 Å². The first kappa shape index (κ1) is 15.4. The molecule has 0 aliphatic rings. The average molecular weight is 401 g/mol. The summed E-state index contributed by atoms with van der Waals surface area (Å²) in [6, 6.07) is 14.8. The van der Waals surface area contributed by atoms with Crippen LogP contribution in [0.3, 0.4) is 0 Å². The van der Waals surface area contributed by atoms with Gasteiger partial charge in [-0.15, -0.1) is 0 Å². The van der Waals surface area contributed by atoms with E-state index < -0.39 is 0 Å². The molecule has 1 N–H and O–H groups in total. The Balaban J connectivity index is 2.13. The van der Waals surface area contributed by atoms with Crippen LogP contribution < -0.4 is 10.2 Å². The molecule has 0 aliphatic heterocycles. The molecule has 2 aromatic rings. The smallest absolute Gasteiger partial charge is 0.0648 e.